The number of nitrogens with one attached hydrogen (secondary N) is 1. The van der Waals surface area contributed by atoms with Crippen LogP contribution < -0.4 is 9.62 Å². The largest absolute Gasteiger partial charge is 0.328 e. The average molecular weight is 375 g/mol. The van der Waals surface area contributed by atoms with Crippen molar-refractivity contribution in [2.24, 2.45) is 0 Å². The van der Waals surface area contributed by atoms with Gasteiger partial charge >= 0.3 is 0 Å². The minimum absolute atomic E-state index is 0.0102. The molecule has 0 aliphatic rings. The fraction of sp³-hybridized carbons (Fsp3) is 0.0588. The molecule has 0 unspecified atom stereocenters. The predicted octanol–water partition coefficient (Wildman–Crippen LogP) is 3.70. The van der Waals surface area contributed by atoms with Gasteiger partial charge in [0.15, 0.2) is 11.6 Å². The molecule has 0 radical (unpaired) electrons. The van der Waals surface area contributed by atoms with E-state index < -0.39 is 10.0 Å². The Morgan fingerprint density at radius 3 is 2.24 bits per heavy atom. The van der Waals surface area contributed by atoms with Crippen molar-refractivity contribution in [1.82, 2.24) is 10.2 Å². The molecule has 8 heteroatoms. The lowest BCUT2D eigenvalue weighted by Gasteiger charge is -2.17. The summed E-state index contributed by atoms with van der Waals surface area (Å²) in [4.78, 5) is 1.84. The Kier molecular flexibility index (Phi) is 4.87. The van der Waals surface area contributed by atoms with Crippen LogP contribution in [-0.4, -0.2) is 25.7 Å². The summed E-state index contributed by atoms with van der Waals surface area (Å²) in [5, 5.41) is 8.15. The maximum absolute atomic E-state index is 12.4. The van der Waals surface area contributed by atoms with E-state index in [1.165, 1.54) is 12.1 Å². The van der Waals surface area contributed by atoms with Gasteiger partial charge in [-0.05, 0) is 36.4 Å². The first-order valence-corrected chi connectivity index (χ1v) is 9.23. The molecule has 0 saturated carbocycles. The van der Waals surface area contributed by atoms with E-state index >= 15 is 0 Å². The van der Waals surface area contributed by atoms with E-state index in [1.807, 2.05) is 42.3 Å². The molecule has 3 aromatic rings. The second kappa shape index (κ2) is 7.08. The zero-order chi connectivity index (χ0) is 17.9. The first kappa shape index (κ1) is 17.2. The van der Waals surface area contributed by atoms with Gasteiger partial charge in [0.05, 0.1) is 5.02 Å². The molecule has 1 aromatic heterocycles. The number of benzene rings is 2. The molecular weight excluding hydrogens is 360 g/mol. The van der Waals surface area contributed by atoms with Crippen molar-refractivity contribution in [2.75, 3.05) is 16.7 Å². The second-order valence-electron chi connectivity index (χ2n) is 5.21. The van der Waals surface area contributed by atoms with E-state index in [4.69, 9.17) is 11.6 Å². The van der Waals surface area contributed by atoms with Crippen molar-refractivity contribution in [3.63, 3.8) is 0 Å². The van der Waals surface area contributed by atoms with Gasteiger partial charge < -0.3 is 4.90 Å². The third-order valence-corrected chi connectivity index (χ3v) is 5.36. The summed E-state index contributed by atoms with van der Waals surface area (Å²) in [6.07, 6.45) is 0. The van der Waals surface area contributed by atoms with E-state index in [0.717, 1.165) is 5.69 Å². The second-order valence-corrected chi connectivity index (χ2v) is 7.27. The van der Waals surface area contributed by atoms with Crippen LogP contribution in [0.25, 0.3) is 0 Å². The van der Waals surface area contributed by atoms with Crippen molar-refractivity contribution in [3.05, 3.63) is 71.8 Å². The number of halogens is 1. The highest BCUT2D eigenvalue weighted by atomic mass is 35.5. The number of rotatable bonds is 5. The highest BCUT2D eigenvalue weighted by Crippen LogP contribution is 2.24. The Balaban J connectivity index is 1.80. The molecule has 6 nitrogen and oxygen atoms in total. The summed E-state index contributed by atoms with van der Waals surface area (Å²) in [7, 11) is -1.97. The summed E-state index contributed by atoms with van der Waals surface area (Å²) >= 11 is 5.95. The normalized spacial score (nSPS) is 11.1. The van der Waals surface area contributed by atoms with Gasteiger partial charge in [-0.25, -0.2) is 8.42 Å². The summed E-state index contributed by atoms with van der Waals surface area (Å²) in [5.74, 6) is 0.706. The van der Waals surface area contributed by atoms with Crippen LogP contribution in [0.2, 0.25) is 5.02 Å². The molecule has 25 heavy (non-hydrogen) atoms. The minimum atomic E-state index is -3.83. The molecule has 2 aromatic carbocycles. The molecule has 0 aliphatic heterocycles. The van der Waals surface area contributed by atoms with Gasteiger partial charge in [0.25, 0.3) is 10.0 Å². The molecule has 1 N–H and O–H groups in total. The summed E-state index contributed by atoms with van der Waals surface area (Å²) in [6.45, 7) is 0. The van der Waals surface area contributed by atoms with Crippen LogP contribution in [0.5, 0.6) is 0 Å². The van der Waals surface area contributed by atoms with Crippen molar-refractivity contribution in [1.29, 1.82) is 0 Å². The molecule has 1 heterocycles. The van der Waals surface area contributed by atoms with Crippen LogP contribution in [0.1, 0.15) is 0 Å². The Hall–Kier alpha value is -2.64. The van der Waals surface area contributed by atoms with Gasteiger partial charge in [0.2, 0.25) is 0 Å². The van der Waals surface area contributed by atoms with Gasteiger partial charge in [-0.15, -0.1) is 10.2 Å². The van der Waals surface area contributed by atoms with E-state index in [0.29, 0.717) is 5.82 Å². The van der Waals surface area contributed by atoms with E-state index in [-0.39, 0.29) is 15.7 Å². The lowest BCUT2D eigenvalue weighted by atomic mass is 10.3. The number of anilines is 3. The van der Waals surface area contributed by atoms with Crippen molar-refractivity contribution in [3.8, 4) is 0 Å². The fourth-order valence-corrected chi connectivity index (χ4v) is 3.71. The molecule has 0 saturated heterocycles. The third-order valence-electron chi connectivity index (χ3n) is 3.50. The summed E-state index contributed by atoms with van der Waals surface area (Å²) < 4.78 is 27.2. The zero-order valence-electron chi connectivity index (χ0n) is 13.3. The Labute approximate surface area is 151 Å². The Morgan fingerprint density at radius 2 is 1.60 bits per heavy atom. The van der Waals surface area contributed by atoms with Gasteiger partial charge in [-0.1, -0.05) is 41.9 Å². The maximum atomic E-state index is 12.4. The topological polar surface area (TPSA) is 75.2 Å². The molecule has 0 spiro atoms. The van der Waals surface area contributed by atoms with Gasteiger partial charge in [0.1, 0.15) is 4.90 Å². The summed E-state index contributed by atoms with van der Waals surface area (Å²) in [6, 6.07) is 19.1. The van der Waals surface area contributed by atoms with Crippen molar-refractivity contribution < 1.29 is 8.42 Å². The first-order chi connectivity index (χ1) is 12.0. The van der Waals surface area contributed by atoms with Crippen LogP contribution in [0.3, 0.4) is 0 Å². The van der Waals surface area contributed by atoms with Crippen LogP contribution >= 0.6 is 11.6 Å². The smallest absolute Gasteiger partial charge is 0.264 e. The van der Waals surface area contributed by atoms with E-state index in [1.54, 1.807) is 24.3 Å². The van der Waals surface area contributed by atoms with E-state index in [9.17, 15) is 8.42 Å². The van der Waals surface area contributed by atoms with Crippen LogP contribution in [0, 0.1) is 0 Å². The van der Waals surface area contributed by atoms with Gasteiger partial charge in [-0.3, -0.25) is 4.72 Å². The molecular formula is C17H15ClN4O2S. The monoisotopic (exact) mass is 374 g/mol. The number of aromatic nitrogens is 2. The quantitative estimate of drug-likeness (QED) is 0.737. The lowest BCUT2D eigenvalue weighted by Crippen LogP contribution is -2.16. The predicted molar refractivity (Wildman–Crippen MR) is 98.8 cm³/mol. The SMILES string of the molecule is CN(c1ccccc1)c1ccc(NS(=O)(=O)c2ccccc2Cl)nn1. The number of para-hydroxylation sites is 1. The highest BCUT2D eigenvalue weighted by Gasteiger charge is 2.18. The number of hydrogen-bond donors (Lipinski definition) is 1. The molecule has 0 bridgehead atoms. The molecule has 128 valence electrons. The molecule has 3 rings (SSSR count). The average Bonchev–Trinajstić information content (AvgIpc) is 2.62. The first-order valence-electron chi connectivity index (χ1n) is 7.37. The van der Waals surface area contributed by atoms with Crippen LogP contribution in [0.15, 0.2) is 71.6 Å². The minimum Gasteiger partial charge on any atom is -0.328 e. The highest BCUT2D eigenvalue weighted by molar-refractivity contribution is 7.92. The van der Waals surface area contributed by atoms with Crippen LogP contribution in [-0.2, 0) is 10.0 Å². The molecule has 0 atom stereocenters. The maximum Gasteiger partial charge on any atom is 0.264 e. The third kappa shape index (κ3) is 3.89. The zero-order valence-corrected chi connectivity index (χ0v) is 14.9. The summed E-state index contributed by atoms with van der Waals surface area (Å²) in [5.41, 5.74) is 0.946. The standard InChI is InChI=1S/C17H15ClN4O2S/c1-22(13-7-3-2-4-8-13)17-12-11-16(19-20-17)21-25(23,24)15-10-6-5-9-14(15)18/h2-12H,1H3,(H,19,21). The van der Waals surface area contributed by atoms with Crippen molar-refractivity contribution in [2.45, 2.75) is 4.90 Å². The number of sulfonamides is 1. The van der Waals surface area contributed by atoms with Gasteiger partial charge in [-0.2, -0.15) is 0 Å². The number of nitrogens with zero attached hydrogens (tertiary/aromatic N) is 3. The Morgan fingerprint density at radius 1 is 0.920 bits per heavy atom. The lowest BCUT2D eigenvalue weighted by molar-refractivity contribution is 0.601. The van der Waals surface area contributed by atoms with Gasteiger partial charge in [0, 0.05) is 12.7 Å². The fourth-order valence-electron chi connectivity index (χ4n) is 2.20. The van der Waals surface area contributed by atoms with E-state index in [2.05, 4.69) is 14.9 Å². The number of hydrogen-bond acceptors (Lipinski definition) is 5. The molecule has 0 fully saturated rings. The van der Waals surface area contributed by atoms with Crippen LogP contribution in [0.4, 0.5) is 17.3 Å². The Bertz CT molecular complexity index is 963. The van der Waals surface area contributed by atoms with Crippen molar-refractivity contribution >= 4 is 38.9 Å². The molecule has 0 amide bonds. The molecule has 0 aliphatic carbocycles.